The number of carboxylic acids is 2. The van der Waals surface area contributed by atoms with Crippen LogP contribution in [0, 0.1) is 0 Å². The summed E-state index contributed by atoms with van der Waals surface area (Å²) >= 11 is 1.58. The van der Waals surface area contributed by atoms with Crippen molar-refractivity contribution in [3.05, 3.63) is 76.3 Å². The van der Waals surface area contributed by atoms with E-state index >= 15 is 0 Å². The van der Waals surface area contributed by atoms with Crippen LogP contribution in [0.25, 0.3) is 10.6 Å². The fourth-order valence-electron chi connectivity index (χ4n) is 4.50. The first-order chi connectivity index (χ1) is 21.4. The minimum atomic E-state index is -4.47. The lowest BCUT2D eigenvalue weighted by atomic mass is 10.1. The molecule has 0 saturated heterocycles. The summed E-state index contributed by atoms with van der Waals surface area (Å²) in [6, 6.07) is 11.7. The fraction of sp³-hybridized carbons (Fsp3) is 0.424. The molecule has 8 nitrogen and oxygen atoms in total. The van der Waals surface area contributed by atoms with E-state index in [1.807, 2.05) is 24.3 Å². The molecule has 0 aliphatic carbocycles. The molecule has 45 heavy (non-hydrogen) atoms. The molecule has 1 aromatic heterocycles. The zero-order valence-electron chi connectivity index (χ0n) is 25.2. The average Bonchev–Trinajstić information content (AvgIpc) is 3.49. The quantitative estimate of drug-likeness (QED) is 0.0923. The molecule has 3 rings (SSSR count). The maximum Gasteiger partial charge on any atom is 0.416 e. The monoisotopic (exact) mass is 648 g/mol. The maximum atomic E-state index is 12.9. The predicted octanol–water partition coefficient (Wildman–Crippen LogP) is 7.79. The van der Waals surface area contributed by atoms with Crippen LogP contribution >= 0.6 is 11.3 Å². The van der Waals surface area contributed by atoms with Gasteiger partial charge in [0, 0.05) is 24.0 Å². The highest BCUT2D eigenvalue weighted by Crippen LogP contribution is 2.29. The van der Waals surface area contributed by atoms with Crippen LogP contribution < -0.4 is 0 Å². The summed E-state index contributed by atoms with van der Waals surface area (Å²) < 4.78 is 38.6. The number of carbonyl (C=O) groups excluding carboxylic acids is 2. The molecule has 0 unspecified atom stereocenters. The molecule has 244 valence electrons. The van der Waals surface area contributed by atoms with Crippen LogP contribution in [0.5, 0.6) is 0 Å². The number of carbonyl (C=O) groups is 4. The molecule has 1 amide bonds. The second-order valence-electron chi connectivity index (χ2n) is 10.5. The molecule has 2 N–H and O–H groups in total. The van der Waals surface area contributed by atoms with Gasteiger partial charge in [0.15, 0.2) is 0 Å². The van der Waals surface area contributed by atoms with Crippen LogP contribution in [0.15, 0.2) is 53.9 Å². The number of thiazole rings is 1. The largest absolute Gasteiger partial charge is 0.476 e. The smallest absolute Gasteiger partial charge is 0.416 e. The van der Waals surface area contributed by atoms with Gasteiger partial charge in [0.25, 0.3) is 0 Å². The van der Waals surface area contributed by atoms with Gasteiger partial charge in [-0.1, -0.05) is 94.7 Å². The van der Waals surface area contributed by atoms with E-state index in [1.54, 1.807) is 11.3 Å². The van der Waals surface area contributed by atoms with E-state index in [0.717, 1.165) is 46.1 Å². The number of unbranched alkanes of at least 4 members (excludes halogenated alkanes) is 8. The van der Waals surface area contributed by atoms with Crippen molar-refractivity contribution in [2.45, 2.75) is 90.4 Å². The maximum absolute atomic E-state index is 12.9. The van der Waals surface area contributed by atoms with E-state index in [-0.39, 0.29) is 19.4 Å². The third-order valence-corrected chi connectivity index (χ3v) is 7.83. The second kappa shape index (κ2) is 19.4. The van der Waals surface area contributed by atoms with Crippen LogP contribution in [0.3, 0.4) is 0 Å². The standard InChI is InChI=1S/C31H37F3N2O3S.C2H2O3/c1-2-3-4-5-6-7-8-9-10-11-27-22-40-28(35-27)25-16-12-23(13-17-25)20-36(29(37)30(38)39)21-24-14-18-26(19-15-24)31(32,33)34;3-1-2(4)5/h12-19,22H,2-11,20-21H2,1H3,(H,38,39);1H,(H,4,5). The van der Waals surface area contributed by atoms with E-state index in [9.17, 15) is 27.9 Å². The molecule has 0 saturated carbocycles. The minimum absolute atomic E-state index is 0.00809. The van der Waals surface area contributed by atoms with Gasteiger partial charge in [-0.3, -0.25) is 9.59 Å². The van der Waals surface area contributed by atoms with Crippen LogP contribution in [0.2, 0.25) is 0 Å². The highest BCUT2D eigenvalue weighted by molar-refractivity contribution is 7.13. The molecule has 3 aromatic rings. The molecule has 1 heterocycles. The first-order valence-electron chi connectivity index (χ1n) is 14.8. The zero-order valence-corrected chi connectivity index (χ0v) is 26.0. The first kappa shape index (κ1) is 37.1. The van der Waals surface area contributed by atoms with Crippen molar-refractivity contribution in [3.63, 3.8) is 0 Å². The summed E-state index contributed by atoms with van der Waals surface area (Å²) in [4.78, 5) is 47.5. The van der Waals surface area contributed by atoms with Gasteiger partial charge < -0.3 is 15.1 Å². The average molecular weight is 649 g/mol. The van der Waals surface area contributed by atoms with Crippen LogP contribution in [0.4, 0.5) is 13.2 Å². The molecule has 12 heteroatoms. The third-order valence-electron chi connectivity index (χ3n) is 6.89. The number of carboxylic acid groups (broad SMARTS) is 2. The van der Waals surface area contributed by atoms with Crippen molar-refractivity contribution in [1.82, 2.24) is 9.88 Å². The molecule has 0 radical (unpaired) electrons. The molecule has 2 aromatic carbocycles. The van der Waals surface area contributed by atoms with Crippen LogP contribution in [0.1, 0.15) is 87.1 Å². The number of alkyl halides is 3. The van der Waals surface area contributed by atoms with Crippen LogP contribution in [-0.2, 0) is 44.9 Å². The normalized spacial score (nSPS) is 10.9. The van der Waals surface area contributed by atoms with Gasteiger partial charge in [-0.2, -0.15) is 13.2 Å². The van der Waals surface area contributed by atoms with E-state index in [0.29, 0.717) is 11.1 Å². The highest BCUT2D eigenvalue weighted by atomic mass is 32.1. The van der Waals surface area contributed by atoms with Gasteiger partial charge in [-0.15, -0.1) is 11.3 Å². The lowest BCUT2D eigenvalue weighted by Gasteiger charge is -2.21. The van der Waals surface area contributed by atoms with Gasteiger partial charge in [-0.05, 0) is 36.1 Å². The van der Waals surface area contributed by atoms with E-state index in [2.05, 4.69) is 12.3 Å². The van der Waals surface area contributed by atoms with Crippen molar-refractivity contribution in [1.29, 1.82) is 0 Å². The summed E-state index contributed by atoms with van der Waals surface area (Å²) in [5.41, 5.74) is 2.33. The number of aryl methyl sites for hydroxylation is 1. The SMILES string of the molecule is CCCCCCCCCCCc1csc(-c2ccc(CN(Cc3ccc(C(F)(F)F)cc3)C(=O)C(=O)O)cc2)n1.O=CC(=O)O. The Bertz CT molecular complexity index is 1360. The van der Waals surface area contributed by atoms with E-state index in [1.165, 1.54) is 63.5 Å². The van der Waals surface area contributed by atoms with Gasteiger partial charge >= 0.3 is 24.0 Å². The number of rotatable bonds is 16. The summed E-state index contributed by atoms with van der Waals surface area (Å²) in [5.74, 6) is -4.17. The molecule has 0 aliphatic rings. The Morgan fingerprint density at radius 2 is 1.31 bits per heavy atom. The number of amides is 1. The number of benzene rings is 2. The Morgan fingerprint density at radius 3 is 1.78 bits per heavy atom. The van der Waals surface area contributed by atoms with Gasteiger partial charge in [-0.25, -0.2) is 14.6 Å². The molecular weight excluding hydrogens is 609 g/mol. The minimum Gasteiger partial charge on any atom is -0.476 e. The van der Waals surface area contributed by atoms with Crippen LogP contribution in [-0.4, -0.2) is 44.2 Å². The molecular formula is C33H39F3N2O6S. The highest BCUT2D eigenvalue weighted by Gasteiger charge is 2.30. The summed E-state index contributed by atoms with van der Waals surface area (Å²) in [6.45, 7) is 2.12. The topological polar surface area (TPSA) is 125 Å². The Balaban J connectivity index is 0.00000130. The molecule has 0 fully saturated rings. The number of aromatic nitrogens is 1. The van der Waals surface area contributed by atoms with Crippen molar-refractivity contribution in [2.75, 3.05) is 0 Å². The first-order valence-corrected chi connectivity index (χ1v) is 15.7. The van der Waals surface area contributed by atoms with Crippen molar-refractivity contribution in [2.24, 2.45) is 0 Å². The molecule has 0 aliphatic heterocycles. The van der Waals surface area contributed by atoms with Crippen molar-refractivity contribution in [3.8, 4) is 10.6 Å². The van der Waals surface area contributed by atoms with Gasteiger partial charge in [0.2, 0.25) is 6.29 Å². The summed E-state index contributed by atoms with van der Waals surface area (Å²) in [6.07, 6.45) is 7.87. The lowest BCUT2D eigenvalue weighted by molar-refractivity contribution is -0.156. The number of halogens is 3. The number of nitrogens with zero attached hydrogens (tertiary/aromatic N) is 2. The summed E-state index contributed by atoms with van der Waals surface area (Å²) in [7, 11) is 0. The second-order valence-corrected chi connectivity index (χ2v) is 11.4. The van der Waals surface area contributed by atoms with E-state index < -0.39 is 29.6 Å². The lowest BCUT2D eigenvalue weighted by Crippen LogP contribution is -2.35. The fourth-order valence-corrected chi connectivity index (χ4v) is 5.36. The zero-order chi connectivity index (χ0) is 33.2. The summed E-state index contributed by atoms with van der Waals surface area (Å²) in [5, 5.41) is 19.6. The predicted molar refractivity (Wildman–Crippen MR) is 166 cm³/mol. The number of aliphatic carboxylic acids is 2. The van der Waals surface area contributed by atoms with Gasteiger partial charge in [0.1, 0.15) is 5.01 Å². The Labute approximate surface area is 264 Å². The Hall–Kier alpha value is -4.06. The molecule has 0 bridgehead atoms. The van der Waals surface area contributed by atoms with Crippen molar-refractivity contribution < 1.29 is 42.6 Å². The van der Waals surface area contributed by atoms with E-state index in [4.69, 9.17) is 19.7 Å². The Morgan fingerprint density at radius 1 is 0.822 bits per heavy atom. The Kier molecular flexibility index (Phi) is 16.0. The van der Waals surface area contributed by atoms with Gasteiger partial charge in [0.05, 0.1) is 11.3 Å². The van der Waals surface area contributed by atoms with Crippen molar-refractivity contribution >= 4 is 35.5 Å². The number of aldehydes is 1. The third kappa shape index (κ3) is 14.1. The molecule has 0 spiro atoms. The number of hydrogen-bond donors (Lipinski definition) is 2. The number of hydrogen-bond acceptors (Lipinski definition) is 6. The molecule has 0 atom stereocenters.